The SMILES string of the molecule is c1ccc(-n2c3ccccc3c3cc(-c4ccc(-c5c6ccccc6c(-c6cc7c8ccccc8oc7c7ccccc67)c6ccccc56)cc4)ccc32)cc1. The summed E-state index contributed by atoms with van der Waals surface area (Å²) in [5.41, 5.74) is 12.8. The molecule has 0 aliphatic rings. The average molecular weight is 712 g/mol. The summed E-state index contributed by atoms with van der Waals surface area (Å²) >= 11 is 0. The van der Waals surface area contributed by atoms with Crippen LogP contribution in [0.3, 0.4) is 0 Å². The zero-order chi connectivity index (χ0) is 36.7. The third-order valence-electron chi connectivity index (χ3n) is 11.8. The standard InChI is InChI=1S/C54H33NO/c1-2-14-37(15-3-1)55-49-24-12-10-17-39(49)46-32-36(30-31-50(46)55)34-26-28-35(29-27-34)52-41-19-5-7-21-43(41)53(44-22-8-6-20-42(44)52)47-33-48-40-18-11-13-25-51(40)56-54(48)45-23-9-4-16-38(45)47/h1-33H. The highest BCUT2D eigenvalue weighted by Gasteiger charge is 2.21. The Kier molecular flexibility index (Phi) is 6.66. The molecule has 0 atom stereocenters. The maximum Gasteiger partial charge on any atom is 0.143 e. The van der Waals surface area contributed by atoms with Crippen LogP contribution in [0.25, 0.3) is 115 Å². The highest BCUT2D eigenvalue weighted by molar-refractivity contribution is 6.27. The normalized spacial score (nSPS) is 11.9. The number of hydrogen-bond acceptors (Lipinski definition) is 1. The van der Waals surface area contributed by atoms with Crippen molar-refractivity contribution in [3.05, 3.63) is 200 Å². The van der Waals surface area contributed by atoms with Gasteiger partial charge in [0.25, 0.3) is 0 Å². The smallest absolute Gasteiger partial charge is 0.143 e. The molecule has 0 fully saturated rings. The first-order chi connectivity index (χ1) is 27.8. The zero-order valence-electron chi connectivity index (χ0n) is 30.4. The van der Waals surface area contributed by atoms with Gasteiger partial charge in [0.1, 0.15) is 11.2 Å². The molecule has 56 heavy (non-hydrogen) atoms. The molecule has 0 aliphatic heterocycles. The predicted molar refractivity (Wildman–Crippen MR) is 237 cm³/mol. The third kappa shape index (κ3) is 4.50. The van der Waals surface area contributed by atoms with Crippen molar-refractivity contribution in [2.45, 2.75) is 0 Å². The lowest BCUT2D eigenvalue weighted by Crippen LogP contribution is -1.93. The third-order valence-corrected chi connectivity index (χ3v) is 11.8. The van der Waals surface area contributed by atoms with Gasteiger partial charge in [0.2, 0.25) is 0 Å². The summed E-state index contributed by atoms with van der Waals surface area (Å²) in [5.74, 6) is 0. The summed E-state index contributed by atoms with van der Waals surface area (Å²) in [6.45, 7) is 0. The van der Waals surface area contributed by atoms with E-state index in [1.807, 2.05) is 6.07 Å². The van der Waals surface area contributed by atoms with E-state index in [0.717, 1.165) is 27.3 Å². The minimum absolute atomic E-state index is 0.914. The number of nitrogens with zero attached hydrogens (tertiary/aromatic N) is 1. The fourth-order valence-corrected chi connectivity index (χ4v) is 9.32. The van der Waals surface area contributed by atoms with E-state index in [2.05, 4.69) is 199 Å². The van der Waals surface area contributed by atoms with Crippen LogP contribution < -0.4 is 0 Å². The first-order valence-corrected chi connectivity index (χ1v) is 19.3. The largest absolute Gasteiger partial charge is 0.455 e. The topological polar surface area (TPSA) is 18.1 Å². The van der Waals surface area contributed by atoms with E-state index >= 15 is 0 Å². The summed E-state index contributed by atoms with van der Waals surface area (Å²) in [6, 6.07) is 72.7. The molecule has 0 saturated heterocycles. The molecule has 0 unspecified atom stereocenters. The van der Waals surface area contributed by atoms with Crippen LogP contribution in [-0.4, -0.2) is 4.57 Å². The van der Waals surface area contributed by atoms with Crippen LogP contribution in [0.15, 0.2) is 205 Å². The van der Waals surface area contributed by atoms with Gasteiger partial charge in [0.15, 0.2) is 0 Å². The molecule has 2 aromatic heterocycles. The highest BCUT2D eigenvalue weighted by atomic mass is 16.3. The highest BCUT2D eigenvalue weighted by Crippen LogP contribution is 2.48. The van der Waals surface area contributed by atoms with Gasteiger partial charge in [-0.3, -0.25) is 0 Å². The van der Waals surface area contributed by atoms with Gasteiger partial charge in [-0.25, -0.2) is 0 Å². The molecular formula is C54H33NO. The Morgan fingerprint density at radius 2 is 0.821 bits per heavy atom. The number of benzene rings is 10. The second-order valence-electron chi connectivity index (χ2n) is 14.8. The number of fused-ring (bicyclic) bond motifs is 10. The van der Waals surface area contributed by atoms with E-state index in [9.17, 15) is 0 Å². The van der Waals surface area contributed by atoms with Crippen molar-refractivity contribution >= 4 is 76.1 Å². The summed E-state index contributed by atoms with van der Waals surface area (Å²) in [7, 11) is 0. The minimum Gasteiger partial charge on any atom is -0.455 e. The predicted octanol–water partition coefficient (Wildman–Crippen LogP) is 15.1. The van der Waals surface area contributed by atoms with Crippen LogP contribution in [0, 0.1) is 0 Å². The molecule has 0 spiro atoms. The van der Waals surface area contributed by atoms with Gasteiger partial charge in [0.05, 0.1) is 11.0 Å². The molecule has 0 radical (unpaired) electrons. The van der Waals surface area contributed by atoms with E-state index < -0.39 is 0 Å². The molecule has 2 nitrogen and oxygen atoms in total. The minimum atomic E-state index is 0.914. The molecule has 0 aliphatic carbocycles. The van der Waals surface area contributed by atoms with Crippen molar-refractivity contribution in [3.63, 3.8) is 0 Å². The summed E-state index contributed by atoms with van der Waals surface area (Å²) < 4.78 is 8.88. The van der Waals surface area contributed by atoms with Crippen molar-refractivity contribution in [1.29, 1.82) is 0 Å². The van der Waals surface area contributed by atoms with Crippen molar-refractivity contribution in [2.75, 3.05) is 0 Å². The van der Waals surface area contributed by atoms with Crippen molar-refractivity contribution < 1.29 is 4.42 Å². The first-order valence-electron chi connectivity index (χ1n) is 19.3. The Labute approximate surface area is 323 Å². The molecule has 12 aromatic rings. The van der Waals surface area contributed by atoms with Crippen LogP contribution in [0.1, 0.15) is 0 Å². The lowest BCUT2D eigenvalue weighted by atomic mass is 9.84. The van der Waals surface area contributed by atoms with Crippen LogP contribution in [0.4, 0.5) is 0 Å². The van der Waals surface area contributed by atoms with Gasteiger partial charge < -0.3 is 8.98 Å². The molecular weight excluding hydrogens is 679 g/mol. The molecule has 0 amide bonds. The van der Waals surface area contributed by atoms with Gasteiger partial charge >= 0.3 is 0 Å². The summed E-state index contributed by atoms with van der Waals surface area (Å²) in [5, 5.41) is 12.1. The van der Waals surface area contributed by atoms with Gasteiger partial charge in [-0.2, -0.15) is 0 Å². The Morgan fingerprint density at radius 1 is 0.304 bits per heavy atom. The molecule has 260 valence electrons. The van der Waals surface area contributed by atoms with Crippen molar-refractivity contribution in [3.8, 4) is 39.1 Å². The van der Waals surface area contributed by atoms with Crippen LogP contribution in [-0.2, 0) is 0 Å². The average Bonchev–Trinajstić information content (AvgIpc) is 3.81. The Balaban J connectivity index is 1.05. The second kappa shape index (κ2) is 12.0. The maximum absolute atomic E-state index is 6.51. The van der Waals surface area contributed by atoms with Crippen LogP contribution in [0.2, 0.25) is 0 Å². The van der Waals surface area contributed by atoms with Crippen molar-refractivity contribution in [2.24, 2.45) is 0 Å². The molecule has 0 bridgehead atoms. The number of rotatable bonds is 4. The van der Waals surface area contributed by atoms with E-state index in [1.54, 1.807) is 0 Å². The fraction of sp³-hybridized carbons (Fsp3) is 0. The Morgan fingerprint density at radius 3 is 1.54 bits per heavy atom. The molecule has 10 aromatic carbocycles. The van der Waals surface area contributed by atoms with Crippen molar-refractivity contribution in [1.82, 2.24) is 4.57 Å². The molecule has 12 rings (SSSR count). The lowest BCUT2D eigenvalue weighted by Gasteiger charge is -2.19. The Bertz CT molecular complexity index is 3460. The number of para-hydroxylation sites is 3. The zero-order valence-corrected chi connectivity index (χ0v) is 30.4. The fourth-order valence-electron chi connectivity index (χ4n) is 9.32. The van der Waals surface area contributed by atoms with Crippen LogP contribution >= 0.6 is 0 Å². The maximum atomic E-state index is 6.51. The van der Waals surface area contributed by atoms with Gasteiger partial charge in [-0.15, -0.1) is 0 Å². The lowest BCUT2D eigenvalue weighted by molar-refractivity contribution is 0.672. The van der Waals surface area contributed by atoms with Gasteiger partial charge in [-0.05, 0) is 103 Å². The molecule has 2 heteroatoms. The number of furan rings is 1. The van der Waals surface area contributed by atoms with E-state index in [-0.39, 0.29) is 0 Å². The second-order valence-corrected chi connectivity index (χ2v) is 14.8. The van der Waals surface area contributed by atoms with E-state index in [0.29, 0.717) is 0 Å². The number of hydrogen-bond donors (Lipinski definition) is 0. The monoisotopic (exact) mass is 711 g/mol. The molecule has 0 N–H and O–H groups in total. The quantitative estimate of drug-likeness (QED) is 0.166. The van der Waals surface area contributed by atoms with Gasteiger partial charge in [0, 0.05) is 32.6 Å². The Hall–Kier alpha value is -7.42. The first kappa shape index (κ1) is 31.0. The van der Waals surface area contributed by atoms with E-state index in [1.165, 1.54) is 87.8 Å². The van der Waals surface area contributed by atoms with Gasteiger partial charge in [-0.1, -0.05) is 158 Å². The number of aromatic nitrogens is 1. The van der Waals surface area contributed by atoms with E-state index in [4.69, 9.17) is 4.42 Å². The molecule has 0 saturated carbocycles. The molecule has 2 heterocycles. The van der Waals surface area contributed by atoms with Crippen LogP contribution in [0.5, 0.6) is 0 Å². The summed E-state index contributed by atoms with van der Waals surface area (Å²) in [4.78, 5) is 0. The summed E-state index contributed by atoms with van der Waals surface area (Å²) in [6.07, 6.45) is 0.